The van der Waals surface area contributed by atoms with Crippen molar-refractivity contribution in [3.8, 4) is 0 Å². The van der Waals surface area contributed by atoms with Gasteiger partial charge in [0.05, 0.1) is 5.52 Å². The van der Waals surface area contributed by atoms with Gasteiger partial charge in [-0.15, -0.1) is 0 Å². The SMILES string of the molecule is Cc1ccc2c(N)nc(=O)[nH]c2c1. The number of aromatic nitrogens is 2. The third-order valence-corrected chi connectivity index (χ3v) is 1.91. The Morgan fingerprint density at radius 3 is 3.00 bits per heavy atom. The molecule has 0 saturated heterocycles. The number of nitrogen functional groups attached to an aromatic ring is 1. The molecule has 0 spiro atoms. The molecule has 0 fully saturated rings. The van der Waals surface area contributed by atoms with Crippen LogP contribution in [-0.4, -0.2) is 9.97 Å². The Labute approximate surface area is 74.4 Å². The summed E-state index contributed by atoms with van der Waals surface area (Å²) >= 11 is 0. The second-order valence-corrected chi connectivity index (χ2v) is 2.98. The molecule has 0 saturated carbocycles. The lowest BCUT2D eigenvalue weighted by atomic mass is 10.2. The fourth-order valence-corrected chi connectivity index (χ4v) is 1.30. The van der Waals surface area contributed by atoms with Gasteiger partial charge < -0.3 is 10.7 Å². The Balaban J connectivity index is 2.94. The van der Waals surface area contributed by atoms with Crippen molar-refractivity contribution in [3.05, 3.63) is 34.2 Å². The Bertz CT molecular complexity index is 516. The number of fused-ring (bicyclic) bond motifs is 1. The Morgan fingerprint density at radius 2 is 2.23 bits per heavy atom. The number of hydrogen-bond donors (Lipinski definition) is 2. The van der Waals surface area contributed by atoms with Crippen LogP contribution in [0.25, 0.3) is 10.9 Å². The molecule has 66 valence electrons. The Kier molecular flexibility index (Phi) is 1.55. The maximum absolute atomic E-state index is 11.0. The third-order valence-electron chi connectivity index (χ3n) is 1.91. The van der Waals surface area contributed by atoms with E-state index in [1.165, 1.54) is 0 Å². The van der Waals surface area contributed by atoms with Gasteiger partial charge in [-0.25, -0.2) is 4.79 Å². The minimum absolute atomic E-state index is 0.277. The van der Waals surface area contributed by atoms with Crippen LogP contribution in [0.2, 0.25) is 0 Å². The summed E-state index contributed by atoms with van der Waals surface area (Å²) in [6.07, 6.45) is 0. The van der Waals surface area contributed by atoms with Crippen LogP contribution in [0.5, 0.6) is 0 Å². The fraction of sp³-hybridized carbons (Fsp3) is 0.111. The van der Waals surface area contributed by atoms with Gasteiger partial charge in [0.1, 0.15) is 5.82 Å². The van der Waals surface area contributed by atoms with Gasteiger partial charge in [0, 0.05) is 5.39 Å². The number of benzene rings is 1. The molecule has 4 heteroatoms. The molecular weight excluding hydrogens is 166 g/mol. The molecular formula is C9H9N3O. The van der Waals surface area contributed by atoms with Crippen molar-refractivity contribution in [1.82, 2.24) is 9.97 Å². The zero-order valence-electron chi connectivity index (χ0n) is 7.16. The number of nitrogens with one attached hydrogen (secondary N) is 1. The number of rotatable bonds is 0. The zero-order valence-corrected chi connectivity index (χ0v) is 7.16. The van der Waals surface area contributed by atoms with E-state index in [1.54, 1.807) is 0 Å². The van der Waals surface area contributed by atoms with Gasteiger partial charge in [0.2, 0.25) is 0 Å². The van der Waals surface area contributed by atoms with Gasteiger partial charge in [0.25, 0.3) is 0 Å². The molecule has 13 heavy (non-hydrogen) atoms. The zero-order chi connectivity index (χ0) is 9.42. The second kappa shape index (κ2) is 2.58. The molecule has 0 amide bonds. The number of nitrogens with two attached hydrogens (primary N) is 1. The normalized spacial score (nSPS) is 10.5. The van der Waals surface area contributed by atoms with Gasteiger partial charge in [-0.05, 0) is 24.6 Å². The summed E-state index contributed by atoms with van der Waals surface area (Å²) in [5.41, 5.74) is 6.98. The predicted molar refractivity (Wildman–Crippen MR) is 51.5 cm³/mol. The predicted octanol–water partition coefficient (Wildman–Crippen LogP) is 0.814. The van der Waals surface area contributed by atoms with Crippen LogP contribution >= 0.6 is 0 Å². The molecule has 0 aliphatic rings. The lowest BCUT2D eigenvalue weighted by Gasteiger charge is -2.00. The number of aromatic amines is 1. The highest BCUT2D eigenvalue weighted by molar-refractivity contribution is 5.87. The van der Waals surface area contributed by atoms with Gasteiger partial charge in [-0.3, -0.25) is 0 Å². The molecule has 0 unspecified atom stereocenters. The van der Waals surface area contributed by atoms with Crippen LogP contribution in [0.3, 0.4) is 0 Å². The number of anilines is 1. The largest absolute Gasteiger partial charge is 0.383 e. The van der Waals surface area contributed by atoms with Crippen molar-refractivity contribution in [2.75, 3.05) is 5.73 Å². The fourth-order valence-electron chi connectivity index (χ4n) is 1.30. The van der Waals surface area contributed by atoms with Crippen LogP contribution in [0.15, 0.2) is 23.0 Å². The monoisotopic (exact) mass is 175 g/mol. The minimum atomic E-state index is -0.407. The molecule has 0 aliphatic heterocycles. The van der Waals surface area contributed by atoms with E-state index in [0.29, 0.717) is 0 Å². The standard InChI is InChI=1S/C9H9N3O/c1-5-2-3-6-7(4-5)11-9(13)12-8(6)10/h2-4H,1H3,(H3,10,11,12,13). The van der Waals surface area contributed by atoms with Crippen LogP contribution in [0.1, 0.15) is 5.56 Å². The lowest BCUT2D eigenvalue weighted by molar-refractivity contribution is 1.13. The quantitative estimate of drug-likeness (QED) is 0.622. The van der Waals surface area contributed by atoms with E-state index in [2.05, 4.69) is 9.97 Å². The first kappa shape index (κ1) is 7.79. The first-order chi connectivity index (χ1) is 6.16. The van der Waals surface area contributed by atoms with Gasteiger partial charge >= 0.3 is 5.69 Å². The molecule has 4 nitrogen and oxygen atoms in total. The Morgan fingerprint density at radius 1 is 1.46 bits per heavy atom. The van der Waals surface area contributed by atoms with E-state index in [9.17, 15) is 4.79 Å². The average molecular weight is 175 g/mol. The summed E-state index contributed by atoms with van der Waals surface area (Å²) < 4.78 is 0. The van der Waals surface area contributed by atoms with Crippen molar-refractivity contribution in [2.45, 2.75) is 6.92 Å². The molecule has 2 rings (SSSR count). The molecule has 1 aromatic carbocycles. The second-order valence-electron chi connectivity index (χ2n) is 2.98. The number of nitrogens with zero attached hydrogens (tertiary/aromatic N) is 1. The number of H-pyrrole nitrogens is 1. The van der Waals surface area contributed by atoms with Crippen LogP contribution in [-0.2, 0) is 0 Å². The number of aryl methyl sites for hydroxylation is 1. The molecule has 0 atom stereocenters. The average Bonchev–Trinajstić information content (AvgIpc) is 2.02. The number of hydrogen-bond acceptors (Lipinski definition) is 3. The Hall–Kier alpha value is -1.84. The van der Waals surface area contributed by atoms with Crippen LogP contribution in [0.4, 0.5) is 5.82 Å². The van der Waals surface area contributed by atoms with Crippen molar-refractivity contribution in [3.63, 3.8) is 0 Å². The van der Waals surface area contributed by atoms with E-state index >= 15 is 0 Å². The molecule has 0 radical (unpaired) electrons. The first-order valence-corrected chi connectivity index (χ1v) is 3.93. The summed E-state index contributed by atoms with van der Waals surface area (Å²) in [4.78, 5) is 17.2. The molecule has 1 aromatic heterocycles. The van der Waals surface area contributed by atoms with Gasteiger partial charge in [-0.1, -0.05) is 6.07 Å². The van der Waals surface area contributed by atoms with Crippen LogP contribution in [0, 0.1) is 6.92 Å². The maximum Gasteiger partial charge on any atom is 0.347 e. The van der Waals surface area contributed by atoms with E-state index in [0.717, 1.165) is 16.5 Å². The van der Waals surface area contributed by atoms with E-state index < -0.39 is 5.69 Å². The lowest BCUT2D eigenvalue weighted by Crippen LogP contribution is -2.12. The molecule has 2 aromatic rings. The summed E-state index contributed by atoms with van der Waals surface area (Å²) in [6.45, 7) is 1.95. The minimum Gasteiger partial charge on any atom is -0.383 e. The molecule has 3 N–H and O–H groups in total. The third kappa shape index (κ3) is 1.26. The van der Waals surface area contributed by atoms with E-state index in [1.807, 2.05) is 25.1 Å². The van der Waals surface area contributed by atoms with Gasteiger partial charge in [-0.2, -0.15) is 4.98 Å². The maximum atomic E-state index is 11.0. The van der Waals surface area contributed by atoms with E-state index in [4.69, 9.17) is 5.73 Å². The topological polar surface area (TPSA) is 71.8 Å². The van der Waals surface area contributed by atoms with E-state index in [-0.39, 0.29) is 5.82 Å². The highest BCUT2D eigenvalue weighted by Crippen LogP contribution is 2.15. The molecule has 0 aliphatic carbocycles. The molecule has 1 heterocycles. The highest BCUT2D eigenvalue weighted by Gasteiger charge is 2.00. The smallest absolute Gasteiger partial charge is 0.347 e. The van der Waals surface area contributed by atoms with Gasteiger partial charge in [0.15, 0.2) is 0 Å². The van der Waals surface area contributed by atoms with Crippen molar-refractivity contribution in [2.24, 2.45) is 0 Å². The first-order valence-electron chi connectivity index (χ1n) is 3.93. The van der Waals surface area contributed by atoms with Crippen LogP contribution < -0.4 is 11.4 Å². The van der Waals surface area contributed by atoms with Crippen molar-refractivity contribution < 1.29 is 0 Å². The summed E-state index contributed by atoms with van der Waals surface area (Å²) in [5, 5.41) is 0.783. The molecule has 0 bridgehead atoms. The van der Waals surface area contributed by atoms with Crippen molar-refractivity contribution >= 4 is 16.7 Å². The summed E-state index contributed by atoms with van der Waals surface area (Å²) in [5.74, 6) is 0.277. The van der Waals surface area contributed by atoms with Crippen molar-refractivity contribution in [1.29, 1.82) is 0 Å². The summed E-state index contributed by atoms with van der Waals surface area (Å²) in [6, 6.07) is 5.65. The summed E-state index contributed by atoms with van der Waals surface area (Å²) in [7, 11) is 0. The highest BCUT2D eigenvalue weighted by atomic mass is 16.1.